The SMILES string of the molecule is CCCO[C@H]1OC(CO[Si](C)(C)C(C)(C)C)[C@@H](OCc2ccccc2)[C@@H](OCc2ccccc2)C1N=[N+]=[N-]. The molecule has 1 heterocycles. The third-order valence-corrected chi connectivity index (χ3v) is 11.8. The summed E-state index contributed by atoms with van der Waals surface area (Å²) >= 11 is 0. The molecule has 8 nitrogen and oxygen atoms in total. The minimum absolute atomic E-state index is 0.0387. The van der Waals surface area contributed by atoms with E-state index in [-0.39, 0.29) is 5.04 Å². The number of ether oxygens (including phenoxy) is 4. The highest BCUT2D eigenvalue weighted by Gasteiger charge is 2.49. The van der Waals surface area contributed by atoms with Crippen molar-refractivity contribution in [1.29, 1.82) is 0 Å². The average molecular weight is 542 g/mol. The van der Waals surface area contributed by atoms with Crippen molar-refractivity contribution in [2.24, 2.45) is 5.11 Å². The maximum Gasteiger partial charge on any atom is 0.192 e. The maximum absolute atomic E-state index is 9.46. The van der Waals surface area contributed by atoms with Crippen LogP contribution in [0.2, 0.25) is 18.1 Å². The maximum atomic E-state index is 9.46. The molecule has 2 aromatic rings. The Morgan fingerprint density at radius 3 is 1.95 bits per heavy atom. The Balaban J connectivity index is 1.93. The van der Waals surface area contributed by atoms with E-state index in [2.05, 4.69) is 43.9 Å². The largest absolute Gasteiger partial charge is 0.414 e. The molecule has 0 bridgehead atoms. The van der Waals surface area contributed by atoms with E-state index in [0.29, 0.717) is 26.4 Å². The third-order valence-electron chi connectivity index (χ3n) is 7.27. The highest BCUT2D eigenvalue weighted by molar-refractivity contribution is 6.74. The molecule has 2 aromatic carbocycles. The van der Waals surface area contributed by atoms with Gasteiger partial charge in [0.25, 0.3) is 0 Å². The van der Waals surface area contributed by atoms with E-state index in [1.54, 1.807) is 0 Å². The van der Waals surface area contributed by atoms with Gasteiger partial charge < -0.3 is 23.4 Å². The fourth-order valence-corrected chi connectivity index (χ4v) is 5.03. The summed E-state index contributed by atoms with van der Waals surface area (Å²) in [5.41, 5.74) is 11.5. The minimum Gasteiger partial charge on any atom is -0.414 e. The Kier molecular flexibility index (Phi) is 11.4. The second kappa shape index (κ2) is 14.2. The van der Waals surface area contributed by atoms with Crippen LogP contribution in [0.4, 0.5) is 0 Å². The molecule has 3 rings (SSSR count). The lowest BCUT2D eigenvalue weighted by atomic mass is 9.96. The van der Waals surface area contributed by atoms with Gasteiger partial charge in [-0.25, -0.2) is 0 Å². The zero-order valence-electron chi connectivity index (χ0n) is 23.6. The summed E-state index contributed by atoms with van der Waals surface area (Å²) in [6.45, 7) is 14.6. The van der Waals surface area contributed by atoms with Gasteiger partial charge >= 0.3 is 0 Å². The first-order valence-corrected chi connectivity index (χ1v) is 16.3. The third kappa shape index (κ3) is 8.38. The van der Waals surface area contributed by atoms with Gasteiger partial charge in [-0.15, -0.1) is 0 Å². The first-order valence-electron chi connectivity index (χ1n) is 13.4. The lowest BCUT2D eigenvalue weighted by Gasteiger charge is -2.46. The number of hydrogen-bond acceptors (Lipinski definition) is 6. The van der Waals surface area contributed by atoms with Gasteiger partial charge in [0, 0.05) is 11.5 Å². The summed E-state index contributed by atoms with van der Waals surface area (Å²) in [7, 11) is -2.08. The van der Waals surface area contributed by atoms with Crippen molar-refractivity contribution in [2.45, 2.75) is 96.1 Å². The van der Waals surface area contributed by atoms with Gasteiger partial charge in [-0.1, -0.05) is 93.5 Å². The standard InChI is InChI=1S/C29H43N3O5Si/c1-7-18-33-28-25(31-32-30)27(35-20-23-16-12-9-13-17-23)26(34-19-22-14-10-8-11-15-22)24(37-28)21-36-38(5,6)29(2,3)4/h8-17,24-28H,7,18-21H2,1-6H3/t24?,25?,26-,27+,28+/m1/s1. The minimum atomic E-state index is -2.08. The average Bonchev–Trinajstić information content (AvgIpc) is 2.90. The molecule has 208 valence electrons. The van der Waals surface area contributed by atoms with Gasteiger partial charge in [0.05, 0.1) is 19.8 Å². The molecule has 2 unspecified atom stereocenters. The number of hydrogen-bond donors (Lipinski definition) is 0. The highest BCUT2D eigenvalue weighted by atomic mass is 28.4. The molecular weight excluding hydrogens is 498 g/mol. The molecule has 1 aliphatic heterocycles. The number of nitrogens with zero attached hydrogens (tertiary/aromatic N) is 3. The van der Waals surface area contributed by atoms with Crippen LogP contribution >= 0.6 is 0 Å². The van der Waals surface area contributed by atoms with Gasteiger partial charge in [-0.3, -0.25) is 0 Å². The summed E-state index contributed by atoms with van der Waals surface area (Å²) < 4.78 is 32.1. The monoisotopic (exact) mass is 541 g/mol. The smallest absolute Gasteiger partial charge is 0.192 e. The molecule has 1 fully saturated rings. The zero-order valence-corrected chi connectivity index (χ0v) is 24.6. The van der Waals surface area contributed by atoms with E-state index in [4.69, 9.17) is 23.4 Å². The molecule has 0 radical (unpaired) electrons. The van der Waals surface area contributed by atoms with Crippen LogP contribution in [0.15, 0.2) is 65.8 Å². The number of azide groups is 1. The van der Waals surface area contributed by atoms with Crippen molar-refractivity contribution < 1.29 is 23.4 Å². The van der Waals surface area contributed by atoms with Crippen LogP contribution in [-0.2, 0) is 36.6 Å². The quantitative estimate of drug-likeness (QED) is 0.118. The number of benzene rings is 2. The summed E-state index contributed by atoms with van der Waals surface area (Å²) in [4.78, 5) is 3.12. The number of rotatable bonds is 13. The van der Waals surface area contributed by atoms with E-state index >= 15 is 0 Å². The molecule has 0 amide bonds. The van der Waals surface area contributed by atoms with E-state index in [1.807, 2.05) is 67.6 Å². The second-order valence-corrected chi connectivity index (χ2v) is 16.0. The fourth-order valence-electron chi connectivity index (χ4n) is 4.01. The van der Waals surface area contributed by atoms with Crippen molar-refractivity contribution in [3.63, 3.8) is 0 Å². The van der Waals surface area contributed by atoms with Crippen LogP contribution < -0.4 is 0 Å². The van der Waals surface area contributed by atoms with Gasteiger partial charge in [-0.05, 0) is 41.2 Å². The lowest BCUT2D eigenvalue weighted by molar-refractivity contribution is -0.282. The summed E-state index contributed by atoms with van der Waals surface area (Å²) in [6, 6.07) is 19.2. The molecule has 0 aromatic heterocycles. The van der Waals surface area contributed by atoms with Crippen molar-refractivity contribution >= 4 is 8.32 Å². The van der Waals surface area contributed by atoms with E-state index in [0.717, 1.165) is 17.5 Å². The van der Waals surface area contributed by atoms with Crippen LogP contribution in [-0.4, -0.2) is 52.2 Å². The zero-order chi connectivity index (χ0) is 27.6. The fraction of sp³-hybridized carbons (Fsp3) is 0.586. The molecule has 5 atom stereocenters. The van der Waals surface area contributed by atoms with E-state index < -0.39 is 39.0 Å². The molecule has 9 heteroatoms. The molecule has 0 aliphatic carbocycles. The first kappa shape index (κ1) is 30.3. The highest BCUT2D eigenvalue weighted by Crippen LogP contribution is 2.38. The Morgan fingerprint density at radius 1 is 0.895 bits per heavy atom. The second-order valence-electron chi connectivity index (χ2n) is 11.2. The van der Waals surface area contributed by atoms with Crippen LogP contribution in [0, 0.1) is 0 Å². The van der Waals surface area contributed by atoms with Crippen molar-refractivity contribution in [2.75, 3.05) is 13.2 Å². The summed E-state index contributed by atoms with van der Waals surface area (Å²) in [5.74, 6) is 0. The normalized spacial score (nSPS) is 24.1. The predicted molar refractivity (Wildman–Crippen MR) is 151 cm³/mol. The van der Waals surface area contributed by atoms with Gasteiger partial charge in [0.1, 0.15) is 24.4 Å². The molecule has 38 heavy (non-hydrogen) atoms. The first-order chi connectivity index (χ1) is 18.2. The lowest BCUT2D eigenvalue weighted by Crippen LogP contribution is -2.61. The van der Waals surface area contributed by atoms with Crippen LogP contribution in [0.3, 0.4) is 0 Å². The van der Waals surface area contributed by atoms with Crippen LogP contribution in [0.25, 0.3) is 10.4 Å². The predicted octanol–water partition coefficient (Wildman–Crippen LogP) is 7.01. The van der Waals surface area contributed by atoms with Crippen molar-refractivity contribution in [3.8, 4) is 0 Å². The topological polar surface area (TPSA) is 94.9 Å². The van der Waals surface area contributed by atoms with Crippen molar-refractivity contribution in [3.05, 3.63) is 82.2 Å². The molecule has 1 saturated heterocycles. The Morgan fingerprint density at radius 2 is 1.45 bits per heavy atom. The van der Waals surface area contributed by atoms with Gasteiger partial charge in [0.15, 0.2) is 14.6 Å². The summed E-state index contributed by atoms with van der Waals surface area (Å²) in [5, 5.41) is 4.13. The van der Waals surface area contributed by atoms with E-state index in [9.17, 15) is 5.53 Å². The van der Waals surface area contributed by atoms with Crippen LogP contribution in [0.1, 0.15) is 45.2 Å². The van der Waals surface area contributed by atoms with Gasteiger partial charge in [-0.2, -0.15) is 0 Å². The Bertz CT molecular complexity index is 1010. The molecule has 1 aliphatic rings. The molecule has 0 saturated carbocycles. The van der Waals surface area contributed by atoms with Gasteiger partial charge in [0.2, 0.25) is 0 Å². The summed E-state index contributed by atoms with van der Waals surface area (Å²) in [6.07, 6.45) is -1.58. The Hall–Kier alpha value is -2.23. The van der Waals surface area contributed by atoms with Crippen LogP contribution in [0.5, 0.6) is 0 Å². The molecule has 0 spiro atoms. The van der Waals surface area contributed by atoms with E-state index in [1.165, 1.54) is 0 Å². The molecule has 0 N–H and O–H groups in total. The Labute approximate surface area is 228 Å². The molecular formula is C29H43N3O5Si. The van der Waals surface area contributed by atoms with Crippen molar-refractivity contribution in [1.82, 2.24) is 0 Å².